The highest BCUT2D eigenvalue weighted by Crippen LogP contribution is 2.36. The molecule has 0 spiro atoms. The van der Waals surface area contributed by atoms with Crippen LogP contribution in [0.1, 0.15) is 51.0 Å². The number of nitrogens with two attached hydrogens (primary N) is 1. The molecule has 2 N–H and O–H groups in total. The predicted molar refractivity (Wildman–Crippen MR) is 65.9 cm³/mol. The van der Waals surface area contributed by atoms with Crippen molar-refractivity contribution in [3.8, 4) is 0 Å². The minimum atomic E-state index is -0.127. The summed E-state index contributed by atoms with van der Waals surface area (Å²) >= 11 is 0. The molecule has 0 amide bonds. The van der Waals surface area contributed by atoms with Gasteiger partial charge in [0.2, 0.25) is 0 Å². The second-order valence-electron chi connectivity index (χ2n) is 5.26. The summed E-state index contributed by atoms with van der Waals surface area (Å²) < 4.78 is 1.85. The van der Waals surface area contributed by atoms with Crippen molar-refractivity contribution in [3.63, 3.8) is 0 Å². The van der Waals surface area contributed by atoms with Gasteiger partial charge in [0.15, 0.2) is 0 Å². The van der Waals surface area contributed by atoms with E-state index in [0.717, 1.165) is 18.8 Å². The Hall–Kier alpha value is -0.830. The minimum Gasteiger partial charge on any atom is -0.321 e. The Balaban J connectivity index is 2.13. The average molecular weight is 221 g/mol. The van der Waals surface area contributed by atoms with Crippen LogP contribution in [0.4, 0.5) is 0 Å². The van der Waals surface area contributed by atoms with Crippen LogP contribution in [0.5, 0.6) is 0 Å². The Morgan fingerprint density at radius 2 is 2.31 bits per heavy atom. The van der Waals surface area contributed by atoms with Gasteiger partial charge in [-0.25, -0.2) is 0 Å². The van der Waals surface area contributed by atoms with Gasteiger partial charge in [-0.05, 0) is 25.2 Å². The van der Waals surface area contributed by atoms with Crippen LogP contribution in [0, 0.1) is 5.92 Å². The van der Waals surface area contributed by atoms with Crippen molar-refractivity contribution in [2.45, 2.75) is 51.0 Å². The number of aryl methyl sites for hydroxylation is 1. The fourth-order valence-corrected chi connectivity index (χ4v) is 2.81. The lowest BCUT2D eigenvalue weighted by Crippen LogP contribution is -2.35. The highest BCUT2D eigenvalue weighted by Gasteiger charge is 2.31. The maximum Gasteiger partial charge on any atom is 0.0540 e. The number of rotatable bonds is 2. The lowest BCUT2D eigenvalue weighted by Gasteiger charge is -2.26. The first-order valence-electron chi connectivity index (χ1n) is 6.42. The molecule has 0 bridgehead atoms. The summed E-state index contributed by atoms with van der Waals surface area (Å²) in [5.41, 5.74) is 7.65. The fraction of sp³-hybridized carbons (Fsp3) is 0.769. The molecule has 1 heterocycles. The molecule has 0 saturated heterocycles. The summed E-state index contributed by atoms with van der Waals surface area (Å²) in [5, 5.41) is 4.24. The number of nitrogens with zero attached hydrogens (tertiary/aromatic N) is 2. The summed E-state index contributed by atoms with van der Waals surface area (Å²) in [7, 11) is 1.96. The van der Waals surface area contributed by atoms with Crippen LogP contribution in [0.3, 0.4) is 0 Å². The number of hydrogen-bond donors (Lipinski definition) is 1. The van der Waals surface area contributed by atoms with E-state index in [2.05, 4.69) is 18.2 Å². The zero-order valence-electron chi connectivity index (χ0n) is 10.4. The van der Waals surface area contributed by atoms with Crippen LogP contribution >= 0.6 is 0 Å². The minimum absolute atomic E-state index is 0.127. The molecule has 2 atom stereocenters. The van der Waals surface area contributed by atoms with Gasteiger partial charge in [-0.3, -0.25) is 4.68 Å². The smallest absolute Gasteiger partial charge is 0.0540 e. The summed E-state index contributed by atoms with van der Waals surface area (Å²) in [6.45, 7) is 2.29. The van der Waals surface area contributed by atoms with Gasteiger partial charge in [-0.15, -0.1) is 0 Å². The van der Waals surface area contributed by atoms with Crippen molar-refractivity contribution in [2.75, 3.05) is 0 Å². The molecule has 2 unspecified atom stereocenters. The van der Waals surface area contributed by atoms with Gasteiger partial charge in [0, 0.05) is 24.3 Å². The van der Waals surface area contributed by atoms with Crippen LogP contribution in [0.25, 0.3) is 0 Å². The highest BCUT2D eigenvalue weighted by atomic mass is 15.2. The van der Waals surface area contributed by atoms with Gasteiger partial charge in [0.1, 0.15) is 0 Å². The Bertz CT molecular complexity index is 345. The molecule has 16 heavy (non-hydrogen) atoms. The third-order valence-electron chi connectivity index (χ3n) is 4.09. The Morgan fingerprint density at radius 1 is 1.50 bits per heavy atom. The molecule has 1 aromatic rings. The third kappa shape index (κ3) is 2.29. The molecule has 2 rings (SSSR count). The van der Waals surface area contributed by atoms with Gasteiger partial charge in [-0.1, -0.05) is 26.2 Å². The van der Waals surface area contributed by atoms with E-state index in [1.54, 1.807) is 0 Å². The average Bonchev–Trinajstić information content (AvgIpc) is 2.61. The molecule has 3 heteroatoms. The van der Waals surface area contributed by atoms with E-state index >= 15 is 0 Å². The highest BCUT2D eigenvalue weighted by molar-refractivity contribution is 5.17. The Kier molecular flexibility index (Phi) is 3.33. The van der Waals surface area contributed by atoms with E-state index in [0.29, 0.717) is 0 Å². The van der Waals surface area contributed by atoms with Crippen LogP contribution in [-0.2, 0) is 12.6 Å². The second-order valence-corrected chi connectivity index (χ2v) is 5.26. The first-order chi connectivity index (χ1) is 7.64. The summed E-state index contributed by atoms with van der Waals surface area (Å²) in [6.07, 6.45) is 11.4. The molecule has 0 aromatic carbocycles. The standard InChI is InChI=1S/C13H23N3/c1-3-11-5-4-7-13(14,8-6-11)12-9-15-16(2)10-12/h9-11H,3-8,14H2,1-2H3. The maximum atomic E-state index is 6.56. The van der Waals surface area contributed by atoms with E-state index in [4.69, 9.17) is 5.73 Å². The quantitative estimate of drug-likeness (QED) is 0.780. The van der Waals surface area contributed by atoms with Crippen molar-refractivity contribution in [3.05, 3.63) is 18.0 Å². The fourth-order valence-electron chi connectivity index (χ4n) is 2.81. The van der Waals surface area contributed by atoms with Crippen molar-refractivity contribution < 1.29 is 0 Å². The van der Waals surface area contributed by atoms with Gasteiger partial charge >= 0.3 is 0 Å². The van der Waals surface area contributed by atoms with E-state index < -0.39 is 0 Å². The molecule has 0 radical (unpaired) electrons. The molecular weight excluding hydrogens is 198 g/mol. The van der Waals surface area contributed by atoms with Gasteiger partial charge in [-0.2, -0.15) is 5.10 Å². The van der Waals surface area contributed by atoms with Crippen molar-refractivity contribution in [1.29, 1.82) is 0 Å². The van der Waals surface area contributed by atoms with Crippen LogP contribution in [0.2, 0.25) is 0 Å². The lowest BCUT2D eigenvalue weighted by atomic mass is 9.85. The van der Waals surface area contributed by atoms with Gasteiger partial charge in [0.25, 0.3) is 0 Å². The molecule has 0 aliphatic heterocycles. The van der Waals surface area contributed by atoms with E-state index in [1.807, 2.05) is 17.9 Å². The Labute approximate surface area is 98.0 Å². The van der Waals surface area contributed by atoms with Crippen LogP contribution in [0.15, 0.2) is 12.4 Å². The molecule has 1 fully saturated rings. The molecule has 1 saturated carbocycles. The lowest BCUT2D eigenvalue weighted by molar-refractivity contribution is 0.371. The van der Waals surface area contributed by atoms with Crippen molar-refractivity contribution in [1.82, 2.24) is 9.78 Å². The summed E-state index contributed by atoms with van der Waals surface area (Å²) in [5.74, 6) is 0.877. The van der Waals surface area contributed by atoms with E-state index in [-0.39, 0.29) is 5.54 Å². The van der Waals surface area contributed by atoms with Gasteiger partial charge in [0.05, 0.1) is 6.20 Å². The van der Waals surface area contributed by atoms with E-state index in [1.165, 1.54) is 31.2 Å². The summed E-state index contributed by atoms with van der Waals surface area (Å²) in [6, 6.07) is 0. The molecular formula is C13H23N3. The zero-order valence-corrected chi connectivity index (χ0v) is 10.4. The monoisotopic (exact) mass is 221 g/mol. The molecule has 90 valence electrons. The molecule has 1 aliphatic rings. The van der Waals surface area contributed by atoms with Crippen molar-refractivity contribution >= 4 is 0 Å². The predicted octanol–water partition coefficient (Wildman–Crippen LogP) is 2.56. The van der Waals surface area contributed by atoms with Crippen LogP contribution in [-0.4, -0.2) is 9.78 Å². The summed E-state index contributed by atoms with van der Waals surface area (Å²) in [4.78, 5) is 0. The second kappa shape index (κ2) is 4.58. The van der Waals surface area contributed by atoms with Gasteiger partial charge < -0.3 is 5.73 Å². The third-order valence-corrected chi connectivity index (χ3v) is 4.09. The van der Waals surface area contributed by atoms with E-state index in [9.17, 15) is 0 Å². The largest absolute Gasteiger partial charge is 0.321 e. The van der Waals surface area contributed by atoms with Crippen molar-refractivity contribution in [2.24, 2.45) is 18.7 Å². The van der Waals surface area contributed by atoms with Crippen LogP contribution < -0.4 is 5.73 Å². The SMILES string of the molecule is CCC1CCCC(N)(c2cnn(C)c2)CC1. The normalized spacial score (nSPS) is 31.3. The number of aromatic nitrogens is 2. The topological polar surface area (TPSA) is 43.8 Å². The first kappa shape index (κ1) is 11.6. The number of hydrogen-bond acceptors (Lipinski definition) is 2. The zero-order chi connectivity index (χ0) is 11.6. The Morgan fingerprint density at radius 3 is 2.94 bits per heavy atom. The maximum absolute atomic E-state index is 6.56. The molecule has 1 aliphatic carbocycles. The molecule has 1 aromatic heterocycles. The first-order valence-corrected chi connectivity index (χ1v) is 6.42. The molecule has 3 nitrogen and oxygen atoms in total.